The number of amides is 1. The summed E-state index contributed by atoms with van der Waals surface area (Å²) in [7, 11) is 0. The molecule has 0 aliphatic carbocycles. The van der Waals surface area contributed by atoms with Gasteiger partial charge in [0.15, 0.2) is 0 Å². The summed E-state index contributed by atoms with van der Waals surface area (Å²) in [6.45, 7) is 5.12. The van der Waals surface area contributed by atoms with Crippen molar-refractivity contribution in [3.05, 3.63) is 22.4 Å². The smallest absolute Gasteiger partial charge is 0.408 e. The number of hydrogen-bond donors (Lipinski definition) is 1. The van der Waals surface area contributed by atoms with Crippen LogP contribution in [0.4, 0.5) is 4.79 Å². The molecule has 1 N–H and O–H groups in total. The highest BCUT2D eigenvalue weighted by atomic mass is 32.1. The SMILES string of the molecule is CC(C)(C)OC(=O)NC(Cc1cccs1)C(=O)[O-]. The van der Waals surface area contributed by atoms with Gasteiger partial charge in [0, 0.05) is 11.3 Å². The molecule has 0 spiro atoms. The molecule has 1 aromatic heterocycles. The summed E-state index contributed by atoms with van der Waals surface area (Å²) in [6.07, 6.45) is -0.563. The first kappa shape index (κ1) is 14.5. The molecule has 0 fully saturated rings. The number of carbonyl (C=O) groups excluding carboxylic acids is 2. The third-order valence-corrected chi connectivity index (χ3v) is 2.86. The Hall–Kier alpha value is -1.56. The second kappa shape index (κ2) is 5.86. The van der Waals surface area contributed by atoms with Gasteiger partial charge in [0.05, 0.1) is 12.0 Å². The molecule has 5 nitrogen and oxygen atoms in total. The monoisotopic (exact) mass is 270 g/mol. The highest BCUT2D eigenvalue weighted by Gasteiger charge is 2.20. The van der Waals surface area contributed by atoms with Gasteiger partial charge in [-0.2, -0.15) is 0 Å². The van der Waals surface area contributed by atoms with Crippen LogP contribution in [-0.4, -0.2) is 23.7 Å². The highest BCUT2D eigenvalue weighted by Crippen LogP contribution is 2.12. The second-order valence-electron chi connectivity index (χ2n) is 4.80. The van der Waals surface area contributed by atoms with E-state index in [0.29, 0.717) is 0 Å². The minimum Gasteiger partial charge on any atom is -0.548 e. The summed E-state index contributed by atoms with van der Waals surface area (Å²) < 4.78 is 5.00. The Morgan fingerprint density at radius 1 is 1.50 bits per heavy atom. The third kappa shape index (κ3) is 5.18. The zero-order valence-electron chi connectivity index (χ0n) is 10.6. The van der Waals surface area contributed by atoms with Crippen LogP contribution >= 0.6 is 11.3 Å². The zero-order valence-corrected chi connectivity index (χ0v) is 11.4. The molecule has 0 saturated heterocycles. The van der Waals surface area contributed by atoms with Gasteiger partial charge >= 0.3 is 6.09 Å². The third-order valence-electron chi connectivity index (χ3n) is 1.96. The first-order valence-electron chi connectivity index (χ1n) is 5.50. The van der Waals surface area contributed by atoms with Gasteiger partial charge in [-0.15, -0.1) is 11.3 Å². The van der Waals surface area contributed by atoms with Crippen molar-refractivity contribution in [3.8, 4) is 0 Å². The molecular weight excluding hydrogens is 254 g/mol. The Kier molecular flexibility index (Phi) is 4.72. The Bertz CT molecular complexity index is 408. The van der Waals surface area contributed by atoms with Crippen molar-refractivity contribution < 1.29 is 19.4 Å². The number of aliphatic carboxylic acids is 1. The number of carboxylic acid groups (broad SMARTS) is 1. The fourth-order valence-electron chi connectivity index (χ4n) is 1.27. The van der Waals surface area contributed by atoms with Crippen molar-refractivity contribution in [1.82, 2.24) is 5.32 Å². The lowest BCUT2D eigenvalue weighted by Gasteiger charge is -2.23. The van der Waals surface area contributed by atoms with E-state index in [1.54, 1.807) is 26.8 Å². The molecular formula is C12H16NO4S-. The van der Waals surface area contributed by atoms with Crippen molar-refractivity contribution in [2.24, 2.45) is 0 Å². The first-order chi connectivity index (χ1) is 8.28. The van der Waals surface area contributed by atoms with Crippen LogP contribution < -0.4 is 10.4 Å². The molecule has 0 aliphatic heterocycles. The van der Waals surface area contributed by atoms with E-state index < -0.39 is 23.7 Å². The summed E-state index contributed by atoms with van der Waals surface area (Å²) in [5, 5.41) is 15.1. The van der Waals surface area contributed by atoms with Crippen molar-refractivity contribution in [1.29, 1.82) is 0 Å². The summed E-state index contributed by atoms with van der Waals surface area (Å²) in [5.41, 5.74) is -0.663. The van der Waals surface area contributed by atoms with Crippen molar-refractivity contribution >= 4 is 23.4 Å². The zero-order chi connectivity index (χ0) is 13.8. The van der Waals surface area contributed by atoms with Crippen molar-refractivity contribution in [2.45, 2.75) is 38.8 Å². The number of alkyl carbamates (subject to hydrolysis) is 1. The average molecular weight is 270 g/mol. The lowest BCUT2D eigenvalue weighted by atomic mass is 10.2. The van der Waals surface area contributed by atoms with Gasteiger partial charge in [0.1, 0.15) is 5.60 Å². The van der Waals surface area contributed by atoms with E-state index in [1.165, 1.54) is 11.3 Å². The van der Waals surface area contributed by atoms with E-state index in [4.69, 9.17) is 4.74 Å². The Labute approximate surface area is 110 Å². The molecule has 1 rings (SSSR count). The standard InChI is InChI=1S/C12H17NO4S/c1-12(2,3)17-11(16)13-9(10(14)15)7-8-5-4-6-18-8/h4-6,9H,7H2,1-3H3,(H,13,16)(H,14,15)/p-1. The Morgan fingerprint density at radius 2 is 2.17 bits per heavy atom. The van der Waals surface area contributed by atoms with Crippen molar-refractivity contribution in [3.63, 3.8) is 0 Å². The van der Waals surface area contributed by atoms with E-state index >= 15 is 0 Å². The number of carbonyl (C=O) groups is 2. The number of rotatable bonds is 4. The molecule has 0 radical (unpaired) electrons. The number of thiophene rings is 1. The minimum absolute atomic E-state index is 0.194. The summed E-state index contributed by atoms with van der Waals surface area (Å²) >= 11 is 1.43. The van der Waals surface area contributed by atoms with Crippen LogP contribution in [0, 0.1) is 0 Å². The van der Waals surface area contributed by atoms with Gasteiger partial charge in [0.2, 0.25) is 0 Å². The van der Waals surface area contributed by atoms with Crippen LogP contribution in [0.15, 0.2) is 17.5 Å². The largest absolute Gasteiger partial charge is 0.548 e. The van der Waals surface area contributed by atoms with Crippen LogP contribution in [-0.2, 0) is 16.0 Å². The molecule has 1 amide bonds. The minimum atomic E-state index is -1.32. The van der Waals surface area contributed by atoms with E-state index in [-0.39, 0.29) is 6.42 Å². The first-order valence-corrected chi connectivity index (χ1v) is 6.38. The Morgan fingerprint density at radius 3 is 2.61 bits per heavy atom. The van der Waals surface area contributed by atoms with Gasteiger partial charge in [-0.1, -0.05) is 6.07 Å². The fourth-order valence-corrected chi connectivity index (χ4v) is 2.02. The molecule has 0 aliphatic rings. The molecule has 1 unspecified atom stereocenters. The van der Waals surface area contributed by atoms with E-state index in [1.807, 2.05) is 11.4 Å². The molecule has 0 saturated carbocycles. The number of ether oxygens (including phenoxy) is 1. The van der Waals surface area contributed by atoms with Gasteiger partial charge in [-0.05, 0) is 32.2 Å². The average Bonchev–Trinajstić information content (AvgIpc) is 2.66. The predicted molar refractivity (Wildman–Crippen MR) is 66.2 cm³/mol. The van der Waals surface area contributed by atoms with E-state index in [2.05, 4.69) is 5.32 Å². The van der Waals surface area contributed by atoms with Crippen LogP contribution in [0.2, 0.25) is 0 Å². The van der Waals surface area contributed by atoms with Crippen LogP contribution in [0.3, 0.4) is 0 Å². The van der Waals surface area contributed by atoms with Crippen LogP contribution in [0.25, 0.3) is 0 Å². The van der Waals surface area contributed by atoms with Gasteiger partial charge < -0.3 is 20.0 Å². The molecule has 100 valence electrons. The summed E-state index contributed by atoms with van der Waals surface area (Å²) in [4.78, 5) is 23.3. The van der Waals surface area contributed by atoms with Gasteiger partial charge in [0.25, 0.3) is 0 Å². The van der Waals surface area contributed by atoms with Gasteiger partial charge in [-0.3, -0.25) is 0 Å². The normalized spacial score (nSPS) is 12.8. The molecule has 0 aromatic carbocycles. The number of carboxylic acids is 1. The lowest BCUT2D eigenvalue weighted by Crippen LogP contribution is -2.50. The van der Waals surface area contributed by atoms with Gasteiger partial charge in [-0.25, -0.2) is 4.79 Å². The van der Waals surface area contributed by atoms with E-state index in [0.717, 1.165) is 4.88 Å². The fraction of sp³-hybridized carbons (Fsp3) is 0.500. The molecule has 0 bridgehead atoms. The van der Waals surface area contributed by atoms with Crippen molar-refractivity contribution in [2.75, 3.05) is 0 Å². The topological polar surface area (TPSA) is 78.5 Å². The molecule has 18 heavy (non-hydrogen) atoms. The Balaban J connectivity index is 2.58. The maximum Gasteiger partial charge on any atom is 0.408 e. The molecule has 6 heteroatoms. The van der Waals surface area contributed by atoms with E-state index in [9.17, 15) is 14.7 Å². The van der Waals surface area contributed by atoms with Crippen LogP contribution in [0.1, 0.15) is 25.6 Å². The number of nitrogens with one attached hydrogen (secondary N) is 1. The summed E-state index contributed by atoms with van der Waals surface area (Å²) in [5.74, 6) is -1.32. The maximum atomic E-state index is 11.5. The lowest BCUT2D eigenvalue weighted by molar-refractivity contribution is -0.308. The number of hydrogen-bond acceptors (Lipinski definition) is 5. The van der Waals surface area contributed by atoms with Crippen LogP contribution in [0.5, 0.6) is 0 Å². The molecule has 1 atom stereocenters. The maximum absolute atomic E-state index is 11.5. The highest BCUT2D eigenvalue weighted by molar-refractivity contribution is 7.09. The molecule has 1 aromatic rings. The quantitative estimate of drug-likeness (QED) is 0.883. The summed E-state index contributed by atoms with van der Waals surface area (Å²) in [6, 6.07) is 2.54. The predicted octanol–water partition coefficient (Wildman–Crippen LogP) is 0.934. The second-order valence-corrected chi connectivity index (χ2v) is 5.83. The molecule has 1 heterocycles.